The van der Waals surface area contributed by atoms with Crippen LogP contribution in [-0.2, 0) is 13.0 Å². The van der Waals surface area contributed by atoms with Gasteiger partial charge in [-0.05, 0) is 69.2 Å². The summed E-state index contributed by atoms with van der Waals surface area (Å²) < 4.78 is 5.69. The molecule has 3 aliphatic rings. The van der Waals surface area contributed by atoms with E-state index in [1.165, 1.54) is 24.1 Å². The van der Waals surface area contributed by atoms with E-state index in [2.05, 4.69) is 41.4 Å². The highest BCUT2D eigenvalue weighted by Gasteiger charge is 2.31. The number of likely N-dealkylation sites (tertiary alicyclic amines) is 1. The number of nitrogens with zero attached hydrogens (tertiary/aromatic N) is 2. The third-order valence-corrected chi connectivity index (χ3v) is 6.80. The molecule has 7 heteroatoms. The topological polar surface area (TPSA) is 48.7 Å². The van der Waals surface area contributed by atoms with Crippen LogP contribution in [0.2, 0.25) is 0 Å². The van der Waals surface area contributed by atoms with Crippen LogP contribution in [0.5, 0.6) is 0 Å². The van der Waals surface area contributed by atoms with Crippen LogP contribution in [0.15, 0.2) is 41.0 Å². The fourth-order valence-electron chi connectivity index (χ4n) is 4.79. The number of hydrogen-bond acceptors (Lipinski definition) is 4. The molecule has 1 aromatic carbocycles. The summed E-state index contributed by atoms with van der Waals surface area (Å²) in [5, 5.41) is 3.68. The third-order valence-electron chi connectivity index (χ3n) is 6.80. The van der Waals surface area contributed by atoms with Gasteiger partial charge in [-0.2, -0.15) is 0 Å². The summed E-state index contributed by atoms with van der Waals surface area (Å²) in [6, 6.07) is 11.5. The minimum Gasteiger partial charge on any atom is -0.459 e. The molecule has 1 aromatic heterocycles. The maximum atomic E-state index is 13.2. The van der Waals surface area contributed by atoms with Crippen molar-refractivity contribution >= 4 is 36.4 Å². The van der Waals surface area contributed by atoms with Gasteiger partial charge in [0.1, 0.15) is 0 Å². The minimum absolute atomic E-state index is 0. The van der Waals surface area contributed by atoms with Gasteiger partial charge >= 0.3 is 0 Å². The summed E-state index contributed by atoms with van der Waals surface area (Å²) in [5.41, 5.74) is 3.66. The Morgan fingerprint density at radius 3 is 2.58 bits per heavy atom. The predicted molar refractivity (Wildman–Crippen MR) is 129 cm³/mol. The van der Waals surface area contributed by atoms with Crippen molar-refractivity contribution in [2.45, 2.75) is 57.7 Å². The first kappa shape index (κ1) is 24.0. The average molecular weight is 466 g/mol. The van der Waals surface area contributed by atoms with Gasteiger partial charge in [0.2, 0.25) is 0 Å². The number of hydrogen-bond donors (Lipinski definition) is 1. The molecular formula is C24H33Cl2N3O2. The van der Waals surface area contributed by atoms with E-state index in [-0.39, 0.29) is 30.7 Å². The molecule has 2 aliphatic heterocycles. The quantitative estimate of drug-likeness (QED) is 0.672. The molecular weight excluding hydrogens is 433 g/mol. The smallest absolute Gasteiger partial charge is 0.289 e. The lowest BCUT2D eigenvalue weighted by Crippen LogP contribution is -2.45. The molecule has 1 saturated carbocycles. The van der Waals surface area contributed by atoms with Gasteiger partial charge < -0.3 is 19.5 Å². The average Bonchev–Trinajstić information content (AvgIpc) is 3.37. The standard InChI is InChI=1S/C24H31N3O2.2ClH/c1-17-14-19-4-2-3-5-22(19)27(17)16-20-10-13-29-23(20)24(28)26-11-8-21(9-12-26)25-15-18-6-7-18;;/h2-5,10,13,17-18,21,25H,6-9,11-12,14-16H2,1H3;2*1H. The molecule has 0 radical (unpaired) electrons. The van der Waals surface area contributed by atoms with Crippen molar-refractivity contribution in [1.82, 2.24) is 10.2 Å². The Balaban J connectivity index is 0.00000136. The number of fused-ring (bicyclic) bond motifs is 1. The SMILES string of the molecule is CC1Cc2ccccc2N1Cc1ccoc1C(=O)N1CCC(NCC2CC2)CC1.Cl.Cl. The number of nitrogens with one attached hydrogen (secondary N) is 1. The van der Waals surface area contributed by atoms with Crippen LogP contribution in [0, 0.1) is 5.92 Å². The maximum Gasteiger partial charge on any atom is 0.289 e. The Labute approximate surface area is 197 Å². The molecule has 2 fully saturated rings. The molecule has 2 aromatic rings. The van der Waals surface area contributed by atoms with Crippen molar-refractivity contribution in [2.24, 2.45) is 5.92 Å². The Bertz CT molecular complexity index is 875. The Morgan fingerprint density at radius 1 is 1.10 bits per heavy atom. The lowest BCUT2D eigenvalue weighted by atomic mass is 10.0. The van der Waals surface area contributed by atoms with Crippen molar-refractivity contribution < 1.29 is 9.21 Å². The number of amides is 1. The van der Waals surface area contributed by atoms with Gasteiger partial charge in [0, 0.05) is 43.0 Å². The molecule has 1 amide bonds. The van der Waals surface area contributed by atoms with Gasteiger partial charge in [-0.3, -0.25) is 4.79 Å². The molecule has 170 valence electrons. The molecule has 31 heavy (non-hydrogen) atoms. The molecule has 1 saturated heterocycles. The first-order valence-corrected chi connectivity index (χ1v) is 11.1. The zero-order chi connectivity index (χ0) is 19.8. The third kappa shape index (κ3) is 5.21. The van der Waals surface area contributed by atoms with E-state index in [0.29, 0.717) is 17.8 Å². The number of para-hydroxylation sites is 1. The van der Waals surface area contributed by atoms with Crippen molar-refractivity contribution in [2.75, 3.05) is 24.5 Å². The van der Waals surface area contributed by atoms with Crippen LogP contribution >= 0.6 is 24.8 Å². The van der Waals surface area contributed by atoms with E-state index in [1.54, 1.807) is 6.26 Å². The number of rotatable bonds is 6. The van der Waals surface area contributed by atoms with Gasteiger partial charge in [-0.15, -0.1) is 24.8 Å². The second-order valence-corrected chi connectivity index (χ2v) is 9.00. The number of benzene rings is 1. The minimum atomic E-state index is 0. The largest absolute Gasteiger partial charge is 0.459 e. The molecule has 3 heterocycles. The van der Waals surface area contributed by atoms with Crippen LogP contribution in [-0.4, -0.2) is 42.5 Å². The van der Waals surface area contributed by atoms with E-state index in [9.17, 15) is 4.79 Å². The van der Waals surface area contributed by atoms with Gasteiger partial charge in [0.25, 0.3) is 5.91 Å². The van der Waals surface area contributed by atoms with E-state index in [1.807, 2.05) is 11.0 Å². The Kier molecular flexibility index (Phi) is 7.95. The molecule has 1 aliphatic carbocycles. The lowest BCUT2D eigenvalue weighted by Gasteiger charge is -2.32. The summed E-state index contributed by atoms with van der Waals surface area (Å²) >= 11 is 0. The summed E-state index contributed by atoms with van der Waals surface area (Å²) in [5.74, 6) is 1.47. The van der Waals surface area contributed by atoms with Crippen molar-refractivity contribution in [3.63, 3.8) is 0 Å². The number of furan rings is 1. The first-order valence-electron chi connectivity index (χ1n) is 11.1. The maximum absolute atomic E-state index is 13.2. The van der Waals surface area contributed by atoms with Gasteiger partial charge in [-0.25, -0.2) is 0 Å². The summed E-state index contributed by atoms with van der Waals surface area (Å²) in [4.78, 5) is 17.5. The van der Waals surface area contributed by atoms with Gasteiger partial charge in [-0.1, -0.05) is 18.2 Å². The van der Waals surface area contributed by atoms with Crippen LogP contribution in [0.3, 0.4) is 0 Å². The second-order valence-electron chi connectivity index (χ2n) is 9.00. The Morgan fingerprint density at radius 2 is 1.84 bits per heavy atom. The lowest BCUT2D eigenvalue weighted by molar-refractivity contribution is 0.0671. The van der Waals surface area contributed by atoms with E-state index < -0.39 is 0 Å². The summed E-state index contributed by atoms with van der Waals surface area (Å²) in [6.45, 7) is 5.74. The molecule has 1 N–H and O–H groups in total. The second kappa shape index (κ2) is 10.3. The fraction of sp³-hybridized carbons (Fsp3) is 0.542. The number of anilines is 1. The molecule has 0 spiro atoms. The highest BCUT2D eigenvalue weighted by Crippen LogP contribution is 2.34. The van der Waals surface area contributed by atoms with Crippen molar-refractivity contribution in [1.29, 1.82) is 0 Å². The highest BCUT2D eigenvalue weighted by molar-refractivity contribution is 5.93. The molecule has 5 nitrogen and oxygen atoms in total. The monoisotopic (exact) mass is 465 g/mol. The van der Waals surface area contributed by atoms with Crippen molar-refractivity contribution in [3.05, 3.63) is 53.5 Å². The molecule has 0 bridgehead atoms. The van der Waals surface area contributed by atoms with E-state index in [4.69, 9.17) is 4.42 Å². The van der Waals surface area contributed by atoms with E-state index >= 15 is 0 Å². The zero-order valence-electron chi connectivity index (χ0n) is 18.1. The zero-order valence-corrected chi connectivity index (χ0v) is 19.7. The highest BCUT2D eigenvalue weighted by atomic mass is 35.5. The van der Waals surface area contributed by atoms with Crippen LogP contribution in [0.25, 0.3) is 0 Å². The molecule has 5 rings (SSSR count). The van der Waals surface area contributed by atoms with Gasteiger partial charge in [0.15, 0.2) is 5.76 Å². The number of halogens is 2. The number of piperidine rings is 1. The van der Waals surface area contributed by atoms with Gasteiger partial charge in [0.05, 0.1) is 6.26 Å². The van der Waals surface area contributed by atoms with Crippen LogP contribution in [0.1, 0.15) is 54.3 Å². The fourth-order valence-corrected chi connectivity index (χ4v) is 4.79. The molecule has 1 unspecified atom stereocenters. The molecule has 1 atom stereocenters. The predicted octanol–water partition coefficient (Wildman–Crippen LogP) is 4.68. The number of carbonyl (C=O) groups excluding carboxylic acids is 1. The summed E-state index contributed by atoms with van der Waals surface area (Å²) in [6.07, 6.45) is 7.55. The Hall–Kier alpha value is -1.69. The van der Waals surface area contributed by atoms with Crippen molar-refractivity contribution in [3.8, 4) is 0 Å². The summed E-state index contributed by atoms with van der Waals surface area (Å²) in [7, 11) is 0. The first-order chi connectivity index (χ1) is 14.2. The number of carbonyl (C=O) groups is 1. The van der Waals surface area contributed by atoms with Crippen LogP contribution in [0.4, 0.5) is 5.69 Å². The van der Waals surface area contributed by atoms with Crippen LogP contribution < -0.4 is 10.2 Å². The van der Waals surface area contributed by atoms with E-state index in [0.717, 1.165) is 56.9 Å². The normalized spacial score (nSPS) is 20.7.